The Morgan fingerprint density at radius 1 is 0.969 bits per heavy atom. The van der Waals surface area contributed by atoms with Crippen molar-refractivity contribution in [2.45, 2.75) is 19.1 Å². The van der Waals surface area contributed by atoms with Crippen molar-refractivity contribution in [3.63, 3.8) is 0 Å². The molecule has 0 aliphatic heterocycles. The van der Waals surface area contributed by atoms with Crippen molar-refractivity contribution in [2.75, 3.05) is 0 Å². The summed E-state index contributed by atoms with van der Waals surface area (Å²) in [6.45, 7) is 1.66. The van der Waals surface area contributed by atoms with Crippen molar-refractivity contribution in [3.05, 3.63) is 100.0 Å². The number of aromatic nitrogens is 2. The highest BCUT2D eigenvalue weighted by Crippen LogP contribution is 2.37. The molecular weight excluding hydrogens is 419 g/mol. The van der Waals surface area contributed by atoms with Crippen LogP contribution in [0, 0.1) is 0 Å². The van der Waals surface area contributed by atoms with Gasteiger partial charge < -0.3 is 10.3 Å². The molecule has 5 nitrogen and oxygen atoms in total. The first-order valence-corrected chi connectivity index (χ1v) is 9.80. The van der Waals surface area contributed by atoms with Crippen LogP contribution in [0.1, 0.15) is 34.6 Å². The number of rotatable bonds is 4. The molecule has 1 heterocycles. The molecule has 1 unspecified atom stereocenters. The predicted octanol–water partition coefficient (Wildman–Crippen LogP) is 5.10. The van der Waals surface area contributed by atoms with Crippen LogP contribution in [-0.2, 0) is 6.18 Å². The van der Waals surface area contributed by atoms with Crippen molar-refractivity contribution in [3.8, 4) is 11.4 Å². The second-order valence-electron chi connectivity index (χ2n) is 7.29. The molecular formula is C24H18F3N3O2. The number of aromatic amines is 1. The fourth-order valence-electron chi connectivity index (χ4n) is 3.60. The van der Waals surface area contributed by atoms with Gasteiger partial charge in [-0.25, -0.2) is 4.98 Å². The van der Waals surface area contributed by atoms with Crippen LogP contribution in [-0.4, -0.2) is 15.9 Å². The molecule has 1 aromatic heterocycles. The fourth-order valence-corrected chi connectivity index (χ4v) is 3.60. The number of halogens is 3. The summed E-state index contributed by atoms with van der Waals surface area (Å²) in [6, 6.07) is 17.9. The largest absolute Gasteiger partial charge is 0.417 e. The second-order valence-corrected chi connectivity index (χ2v) is 7.29. The summed E-state index contributed by atoms with van der Waals surface area (Å²) >= 11 is 0. The topological polar surface area (TPSA) is 74.8 Å². The first-order chi connectivity index (χ1) is 15.2. The molecule has 3 aromatic carbocycles. The lowest BCUT2D eigenvalue weighted by Gasteiger charge is -2.19. The molecule has 0 fully saturated rings. The minimum Gasteiger partial charge on any atom is -0.344 e. The third-order valence-electron chi connectivity index (χ3n) is 5.10. The lowest BCUT2D eigenvalue weighted by atomic mass is 9.95. The summed E-state index contributed by atoms with van der Waals surface area (Å²) in [4.78, 5) is 31.7. The van der Waals surface area contributed by atoms with E-state index in [1.54, 1.807) is 43.3 Å². The van der Waals surface area contributed by atoms with E-state index in [4.69, 9.17) is 0 Å². The molecule has 0 saturated carbocycles. The van der Waals surface area contributed by atoms with E-state index >= 15 is 0 Å². The zero-order valence-electron chi connectivity index (χ0n) is 16.9. The fraction of sp³-hybridized carbons (Fsp3) is 0.125. The van der Waals surface area contributed by atoms with Gasteiger partial charge in [0.2, 0.25) is 0 Å². The molecule has 0 bridgehead atoms. The zero-order chi connectivity index (χ0) is 22.9. The number of nitrogens with one attached hydrogen (secondary N) is 2. The van der Waals surface area contributed by atoms with Crippen LogP contribution >= 0.6 is 0 Å². The minimum atomic E-state index is -4.49. The average molecular weight is 437 g/mol. The van der Waals surface area contributed by atoms with Crippen LogP contribution in [0.5, 0.6) is 0 Å². The van der Waals surface area contributed by atoms with Gasteiger partial charge in [0.25, 0.3) is 11.5 Å². The Labute approximate surface area is 180 Å². The van der Waals surface area contributed by atoms with Gasteiger partial charge in [-0.3, -0.25) is 9.59 Å². The highest BCUT2D eigenvalue weighted by molar-refractivity contribution is 5.94. The molecule has 162 valence electrons. The van der Waals surface area contributed by atoms with Gasteiger partial charge in [0, 0.05) is 11.6 Å². The highest BCUT2D eigenvalue weighted by Gasteiger charge is 2.33. The summed E-state index contributed by atoms with van der Waals surface area (Å²) in [5.41, 5.74) is -0.150. The minimum absolute atomic E-state index is 0.0549. The van der Waals surface area contributed by atoms with E-state index in [1.165, 1.54) is 18.2 Å². The van der Waals surface area contributed by atoms with Gasteiger partial charge in [0.05, 0.1) is 11.6 Å². The number of alkyl halides is 3. The molecule has 0 spiro atoms. The molecule has 1 amide bonds. The van der Waals surface area contributed by atoms with E-state index in [-0.39, 0.29) is 16.9 Å². The van der Waals surface area contributed by atoms with Gasteiger partial charge in [-0.2, -0.15) is 13.2 Å². The molecule has 0 aliphatic rings. The Morgan fingerprint density at radius 3 is 2.31 bits per heavy atom. The smallest absolute Gasteiger partial charge is 0.344 e. The molecule has 8 heteroatoms. The number of carbonyl (C=O) groups is 1. The zero-order valence-corrected chi connectivity index (χ0v) is 16.9. The first kappa shape index (κ1) is 21.3. The molecule has 0 saturated heterocycles. The lowest BCUT2D eigenvalue weighted by Crippen LogP contribution is -2.29. The predicted molar refractivity (Wildman–Crippen MR) is 115 cm³/mol. The SMILES string of the molecule is CC(NC(=O)c1cc(=O)[nH]c(-c2ccccc2)n1)c1ccc(C(F)(F)F)c2ccccc12. The van der Waals surface area contributed by atoms with E-state index in [0.29, 0.717) is 16.5 Å². The van der Waals surface area contributed by atoms with Gasteiger partial charge in [-0.1, -0.05) is 60.7 Å². The highest BCUT2D eigenvalue weighted by atomic mass is 19.4. The number of hydrogen-bond acceptors (Lipinski definition) is 3. The summed E-state index contributed by atoms with van der Waals surface area (Å²) in [7, 11) is 0. The Hall–Kier alpha value is -3.94. The maximum Gasteiger partial charge on any atom is 0.417 e. The Kier molecular flexibility index (Phi) is 5.52. The van der Waals surface area contributed by atoms with E-state index in [0.717, 1.165) is 12.1 Å². The molecule has 4 aromatic rings. The maximum atomic E-state index is 13.4. The number of carbonyl (C=O) groups excluding carboxylic acids is 1. The molecule has 2 N–H and O–H groups in total. The summed E-state index contributed by atoms with van der Waals surface area (Å²) in [6.07, 6.45) is -4.49. The van der Waals surface area contributed by atoms with Gasteiger partial charge in [-0.05, 0) is 29.3 Å². The van der Waals surface area contributed by atoms with Crippen molar-refractivity contribution in [2.24, 2.45) is 0 Å². The van der Waals surface area contributed by atoms with Crippen LogP contribution in [0.4, 0.5) is 13.2 Å². The summed E-state index contributed by atoms with van der Waals surface area (Å²) in [5, 5.41) is 3.18. The number of fused-ring (bicyclic) bond motifs is 1. The van der Waals surface area contributed by atoms with E-state index in [2.05, 4.69) is 15.3 Å². The van der Waals surface area contributed by atoms with Crippen molar-refractivity contribution < 1.29 is 18.0 Å². The number of benzene rings is 3. The van der Waals surface area contributed by atoms with Crippen LogP contribution in [0.2, 0.25) is 0 Å². The summed E-state index contributed by atoms with van der Waals surface area (Å²) in [5.74, 6) is -0.361. The maximum absolute atomic E-state index is 13.4. The van der Waals surface area contributed by atoms with Gasteiger partial charge in [0.1, 0.15) is 11.5 Å². The normalized spacial score (nSPS) is 12.5. The van der Waals surface area contributed by atoms with Crippen LogP contribution in [0.3, 0.4) is 0 Å². The molecule has 4 rings (SSSR count). The molecule has 0 aliphatic carbocycles. The molecule has 1 atom stereocenters. The monoisotopic (exact) mass is 437 g/mol. The standard InChI is InChI=1S/C24H18F3N3O2/c1-14(16-11-12-19(24(25,26)27)18-10-6-5-9-17(16)18)28-23(32)20-13-21(31)30-22(29-20)15-7-3-2-4-8-15/h2-14H,1H3,(H,28,32)(H,29,30,31). The first-order valence-electron chi connectivity index (χ1n) is 9.80. The van der Waals surface area contributed by atoms with Gasteiger partial charge in [-0.15, -0.1) is 0 Å². The lowest BCUT2D eigenvalue weighted by molar-refractivity contribution is -0.136. The average Bonchev–Trinajstić information content (AvgIpc) is 2.77. The van der Waals surface area contributed by atoms with Crippen LogP contribution < -0.4 is 10.9 Å². The second kappa shape index (κ2) is 8.30. The van der Waals surface area contributed by atoms with Crippen molar-refractivity contribution in [1.29, 1.82) is 0 Å². The molecule has 0 radical (unpaired) electrons. The van der Waals surface area contributed by atoms with E-state index in [9.17, 15) is 22.8 Å². The number of hydrogen-bond donors (Lipinski definition) is 2. The Bertz CT molecular complexity index is 1350. The third-order valence-corrected chi connectivity index (χ3v) is 5.10. The van der Waals surface area contributed by atoms with Crippen molar-refractivity contribution in [1.82, 2.24) is 15.3 Å². The third kappa shape index (κ3) is 4.25. The summed E-state index contributed by atoms with van der Waals surface area (Å²) < 4.78 is 40.2. The van der Waals surface area contributed by atoms with Gasteiger partial charge in [0.15, 0.2) is 0 Å². The van der Waals surface area contributed by atoms with E-state index < -0.39 is 29.2 Å². The van der Waals surface area contributed by atoms with Gasteiger partial charge >= 0.3 is 6.18 Å². The van der Waals surface area contributed by atoms with Crippen molar-refractivity contribution >= 4 is 16.7 Å². The molecule has 32 heavy (non-hydrogen) atoms. The van der Waals surface area contributed by atoms with Crippen LogP contribution in [0.15, 0.2) is 77.6 Å². The number of H-pyrrole nitrogens is 1. The number of amides is 1. The van der Waals surface area contributed by atoms with Crippen LogP contribution in [0.25, 0.3) is 22.2 Å². The Morgan fingerprint density at radius 2 is 1.62 bits per heavy atom. The number of nitrogens with zero attached hydrogens (tertiary/aromatic N) is 1. The Balaban J connectivity index is 1.66. The van der Waals surface area contributed by atoms with E-state index in [1.807, 2.05) is 6.07 Å². The quantitative estimate of drug-likeness (QED) is 0.467.